The second kappa shape index (κ2) is 4.96. The Labute approximate surface area is 77.8 Å². The van der Waals surface area contributed by atoms with Crippen LogP contribution in [0.25, 0.3) is 0 Å². The lowest BCUT2D eigenvalue weighted by molar-refractivity contribution is 0.352. The van der Waals surface area contributed by atoms with Crippen molar-refractivity contribution >= 4 is 10.4 Å². The normalized spacial score (nSPS) is 10.2. The van der Waals surface area contributed by atoms with Crippen molar-refractivity contribution in [3.63, 3.8) is 0 Å². The van der Waals surface area contributed by atoms with E-state index in [4.69, 9.17) is 17.5 Å². The van der Waals surface area contributed by atoms with Crippen LogP contribution in [0.4, 0.5) is 0 Å². The average molecular weight is 202 g/mol. The van der Waals surface area contributed by atoms with Crippen LogP contribution >= 0.6 is 0 Å². The molecule has 0 aliphatic heterocycles. The van der Waals surface area contributed by atoms with Crippen molar-refractivity contribution in [3.8, 4) is 0 Å². The van der Waals surface area contributed by atoms with Gasteiger partial charge in [-0.05, 0) is 13.8 Å². The molecule has 0 spiro atoms. The summed E-state index contributed by atoms with van der Waals surface area (Å²) in [4.78, 5) is 0. The molecule has 1 rings (SSSR count). The van der Waals surface area contributed by atoms with Gasteiger partial charge in [0.25, 0.3) is 0 Å². The van der Waals surface area contributed by atoms with Crippen molar-refractivity contribution in [2.75, 3.05) is 0 Å². The van der Waals surface area contributed by atoms with Crippen LogP contribution in [0.2, 0.25) is 0 Å². The Kier molecular flexibility index (Phi) is 4.61. The highest BCUT2D eigenvalue weighted by Gasteiger charge is 1.80. The van der Waals surface area contributed by atoms with Gasteiger partial charge in [-0.25, -0.2) is 0 Å². The van der Waals surface area contributed by atoms with Crippen LogP contribution in [0.1, 0.15) is 11.1 Å². The predicted octanol–water partition coefficient (Wildman–Crippen LogP) is 0.965. The highest BCUT2D eigenvalue weighted by molar-refractivity contribution is 7.79. The third-order valence-electron chi connectivity index (χ3n) is 1.17. The molecule has 0 bridgehead atoms. The monoisotopic (exact) mass is 202 g/mol. The van der Waals surface area contributed by atoms with Gasteiger partial charge in [-0.1, -0.05) is 35.4 Å². The Morgan fingerprint density at radius 2 is 1.38 bits per heavy atom. The molecule has 0 heterocycles. The lowest BCUT2D eigenvalue weighted by Gasteiger charge is -2.06. The molecule has 0 amide bonds. The summed E-state index contributed by atoms with van der Waals surface area (Å²) in [5.74, 6) is 0. The first-order chi connectivity index (χ1) is 5.79. The van der Waals surface area contributed by atoms with Gasteiger partial charge < -0.3 is 9.11 Å². The van der Waals surface area contributed by atoms with Crippen molar-refractivity contribution in [1.82, 2.24) is 0 Å². The maximum absolute atomic E-state index is 8.52. The molecule has 1 aromatic rings. The molecule has 74 valence electrons. The lowest BCUT2D eigenvalue weighted by Crippen LogP contribution is -1.91. The molecule has 0 radical (unpaired) electrons. The molecule has 13 heavy (non-hydrogen) atoms. The molecule has 5 heteroatoms. The van der Waals surface area contributed by atoms with Gasteiger partial charge in [0.2, 0.25) is 0 Å². The highest BCUT2D eigenvalue weighted by Crippen LogP contribution is 2.00. The van der Waals surface area contributed by atoms with E-state index in [9.17, 15) is 0 Å². The second-order valence-electron chi connectivity index (χ2n) is 2.57. The topological polar surface area (TPSA) is 80.3 Å². The molecular formula is C8H10O4S-2. The Morgan fingerprint density at radius 1 is 1.08 bits per heavy atom. The molecule has 0 N–H and O–H groups in total. The number of rotatable bonds is 0. The quantitative estimate of drug-likeness (QED) is 0.463. The molecule has 0 atom stereocenters. The summed E-state index contributed by atoms with van der Waals surface area (Å²) in [5, 5.41) is 0. The SMILES string of the molecule is Cc1cccc(C)c1.O=S(=O)([O-])[O-]. The van der Waals surface area contributed by atoms with E-state index in [1.165, 1.54) is 11.1 Å². The van der Waals surface area contributed by atoms with Crippen molar-refractivity contribution in [2.24, 2.45) is 0 Å². The third kappa shape index (κ3) is 11.1. The highest BCUT2D eigenvalue weighted by atomic mass is 32.3. The van der Waals surface area contributed by atoms with Gasteiger partial charge in [0.1, 0.15) is 0 Å². The van der Waals surface area contributed by atoms with Gasteiger partial charge in [-0.3, -0.25) is 8.42 Å². The van der Waals surface area contributed by atoms with Crippen LogP contribution in [-0.4, -0.2) is 17.5 Å². The van der Waals surface area contributed by atoms with Gasteiger partial charge in [-0.15, -0.1) is 0 Å². The first-order valence-corrected chi connectivity index (χ1v) is 4.82. The van der Waals surface area contributed by atoms with Crippen LogP contribution < -0.4 is 0 Å². The molecule has 0 aliphatic rings. The fourth-order valence-corrected chi connectivity index (χ4v) is 0.807. The third-order valence-corrected chi connectivity index (χ3v) is 1.17. The standard InChI is InChI=1S/C8H10.H2O4S/c1-7-4-3-5-8(2)6-7;1-5(2,3)4/h3-6H,1-2H3;(H2,1,2,3,4)/p-2. The number of benzene rings is 1. The van der Waals surface area contributed by atoms with Crippen molar-refractivity contribution < 1.29 is 17.5 Å². The molecule has 0 aliphatic carbocycles. The van der Waals surface area contributed by atoms with E-state index in [0.29, 0.717) is 0 Å². The van der Waals surface area contributed by atoms with Gasteiger partial charge in [0, 0.05) is 10.4 Å². The van der Waals surface area contributed by atoms with E-state index >= 15 is 0 Å². The first-order valence-electron chi connectivity index (χ1n) is 3.49. The molecule has 0 fully saturated rings. The zero-order valence-corrected chi connectivity index (χ0v) is 8.17. The Bertz CT molecular complexity index is 331. The summed E-state index contributed by atoms with van der Waals surface area (Å²) in [7, 11) is -5.17. The van der Waals surface area contributed by atoms with Crippen LogP contribution in [0.5, 0.6) is 0 Å². The van der Waals surface area contributed by atoms with Crippen LogP contribution in [0, 0.1) is 13.8 Å². The molecular weight excluding hydrogens is 192 g/mol. The van der Waals surface area contributed by atoms with Gasteiger partial charge in [-0.2, -0.15) is 0 Å². The molecule has 4 nitrogen and oxygen atoms in total. The summed E-state index contributed by atoms with van der Waals surface area (Å²) in [6, 6.07) is 8.45. The smallest absolute Gasteiger partial charge is 0.0311 e. The Morgan fingerprint density at radius 3 is 1.54 bits per heavy atom. The van der Waals surface area contributed by atoms with Crippen LogP contribution in [0.15, 0.2) is 24.3 Å². The summed E-state index contributed by atoms with van der Waals surface area (Å²) in [6.45, 7) is 4.21. The summed E-state index contributed by atoms with van der Waals surface area (Å²) < 4.78 is 34.1. The van der Waals surface area contributed by atoms with Crippen LogP contribution in [0.3, 0.4) is 0 Å². The minimum absolute atomic E-state index is 1.34. The van der Waals surface area contributed by atoms with Crippen LogP contribution in [-0.2, 0) is 10.4 Å². The van der Waals surface area contributed by atoms with Gasteiger partial charge in [0.15, 0.2) is 0 Å². The van der Waals surface area contributed by atoms with E-state index in [-0.39, 0.29) is 0 Å². The van der Waals surface area contributed by atoms with Crippen molar-refractivity contribution in [2.45, 2.75) is 13.8 Å². The molecule has 0 aromatic heterocycles. The molecule has 0 unspecified atom stereocenters. The maximum Gasteiger partial charge on any atom is 0.0311 e. The van der Waals surface area contributed by atoms with E-state index in [1.807, 2.05) is 0 Å². The summed E-state index contributed by atoms with van der Waals surface area (Å²) in [5.41, 5.74) is 2.68. The zero-order valence-electron chi connectivity index (χ0n) is 7.35. The maximum atomic E-state index is 8.52. The van der Waals surface area contributed by atoms with E-state index < -0.39 is 10.4 Å². The van der Waals surface area contributed by atoms with E-state index in [1.54, 1.807) is 0 Å². The largest absolute Gasteiger partial charge is 0.759 e. The first kappa shape index (κ1) is 12.1. The number of aryl methyl sites for hydroxylation is 2. The molecule has 0 saturated carbocycles. The second-order valence-corrected chi connectivity index (χ2v) is 3.38. The molecule has 1 aromatic carbocycles. The zero-order chi connectivity index (χ0) is 10.5. The van der Waals surface area contributed by atoms with Gasteiger partial charge >= 0.3 is 0 Å². The van der Waals surface area contributed by atoms with Crippen molar-refractivity contribution in [1.29, 1.82) is 0 Å². The fraction of sp³-hybridized carbons (Fsp3) is 0.250. The fourth-order valence-electron chi connectivity index (χ4n) is 0.807. The van der Waals surface area contributed by atoms with E-state index in [0.717, 1.165) is 0 Å². The Balaban J connectivity index is 0.000000252. The van der Waals surface area contributed by atoms with E-state index in [2.05, 4.69) is 38.1 Å². The number of hydrogen-bond acceptors (Lipinski definition) is 4. The minimum Gasteiger partial charge on any atom is -0.759 e. The Hall–Kier alpha value is -0.910. The minimum atomic E-state index is -5.17. The average Bonchev–Trinajstić information content (AvgIpc) is 1.81. The predicted molar refractivity (Wildman–Crippen MR) is 46.4 cm³/mol. The summed E-state index contributed by atoms with van der Waals surface area (Å²) >= 11 is 0. The molecule has 0 saturated heterocycles. The number of hydrogen-bond donors (Lipinski definition) is 0. The summed E-state index contributed by atoms with van der Waals surface area (Å²) in [6.07, 6.45) is 0. The lowest BCUT2D eigenvalue weighted by atomic mass is 10.2. The van der Waals surface area contributed by atoms with Gasteiger partial charge in [0.05, 0.1) is 0 Å². The van der Waals surface area contributed by atoms with Crippen molar-refractivity contribution in [3.05, 3.63) is 35.4 Å².